The van der Waals surface area contributed by atoms with Gasteiger partial charge in [-0.15, -0.1) is 0 Å². The maximum Gasteiger partial charge on any atom is 0.170 e. The molecule has 1 aliphatic heterocycles. The van der Waals surface area contributed by atoms with E-state index in [-0.39, 0.29) is 17.9 Å². The van der Waals surface area contributed by atoms with E-state index in [2.05, 4.69) is 26.2 Å². The first-order valence-corrected chi connectivity index (χ1v) is 10.3. The molecule has 1 N–H and O–H groups in total. The van der Waals surface area contributed by atoms with Crippen LogP contribution in [-0.4, -0.2) is 35.3 Å². The van der Waals surface area contributed by atoms with Gasteiger partial charge in [0.1, 0.15) is 23.4 Å². The van der Waals surface area contributed by atoms with Gasteiger partial charge in [0, 0.05) is 24.3 Å². The summed E-state index contributed by atoms with van der Waals surface area (Å²) in [6.45, 7) is 1.11. The van der Waals surface area contributed by atoms with Crippen LogP contribution in [0.5, 0.6) is 0 Å². The first-order chi connectivity index (χ1) is 14.1. The number of hydrogen-bond acceptors (Lipinski definition) is 4. The Hall–Kier alpha value is -2.29. The molecule has 0 spiro atoms. The van der Waals surface area contributed by atoms with E-state index in [1.165, 1.54) is 6.07 Å². The topological polar surface area (TPSA) is 50.5 Å². The lowest BCUT2D eigenvalue weighted by Gasteiger charge is -2.25. The van der Waals surface area contributed by atoms with Crippen molar-refractivity contribution in [2.45, 2.75) is 12.1 Å². The van der Waals surface area contributed by atoms with Gasteiger partial charge in [-0.3, -0.25) is 4.98 Å². The van der Waals surface area contributed by atoms with Gasteiger partial charge in [0.15, 0.2) is 5.11 Å². The highest BCUT2D eigenvalue weighted by atomic mass is 79.9. The average molecular weight is 476 g/mol. The van der Waals surface area contributed by atoms with E-state index < -0.39 is 0 Å². The van der Waals surface area contributed by atoms with Crippen molar-refractivity contribution in [3.05, 3.63) is 76.5 Å². The van der Waals surface area contributed by atoms with Crippen LogP contribution >= 0.6 is 28.1 Å². The van der Waals surface area contributed by atoms with Crippen molar-refractivity contribution in [1.29, 1.82) is 0 Å². The lowest BCUT2D eigenvalue weighted by Crippen LogP contribution is -2.32. The second kappa shape index (κ2) is 8.61. The van der Waals surface area contributed by atoms with Crippen molar-refractivity contribution in [1.82, 2.24) is 15.2 Å². The maximum atomic E-state index is 14.4. The molecule has 0 bridgehead atoms. The molecule has 1 aliphatic rings. The molecule has 1 saturated heterocycles. The Kier molecular flexibility index (Phi) is 5.94. The van der Waals surface area contributed by atoms with E-state index in [9.17, 15) is 4.39 Å². The SMILES string of the molecule is COCCN1C(=S)N[C@H](c2ccccn2)[C@H]1c1ccc(-c2ccc(Br)cc2F)o1. The van der Waals surface area contributed by atoms with Gasteiger partial charge >= 0.3 is 0 Å². The Bertz CT molecular complexity index is 1010. The molecule has 0 amide bonds. The van der Waals surface area contributed by atoms with Crippen LogP contribution in [0, 0.1) is 5.82 Å². The summed E-state index contributed by atoms with van der Waals surface area (Å²) in [6.07, 6.45) is 1.75. The van der Waals surface area contributed by atoms with Crippen molar-refractivity contribution in [3.8, 4) is 11.3 Å². The Morgan fingerprint density at radius 2 is 2.14 bits per heavy atom. The van der Waals surface area contributed by atoms with Crippen LogP contribution in [0.2, 0.25) is 0 Å². The molecule has 0 unspecified atom stereocenters. The van der Waals surface area contributed by atoms with Crippen LogP contribution in [0.4, 0.5) is 4.39 Å². The third kappa shape index (κ3) is 4.05. The molecule has 2 aromatic heterocycles. The largest absolute Gasteiger partial charge is 0.459 e. The second-order valence-corrected chi connectivity index (χ2v) is 7.94. The number of halogens is 2. The summed E-state index contributed by atoms with van der Waals surface area (Å²) in [4.78, 5) is 6.51. The van der Waals surface area contributed by atoms with Gasteiger partial charge in [0.05, 0.1) is 23.9 Å². The van der Waals surface area contributed by atoms with Crippen molar-refractivity contribution < 1.29 is 13.5 Å². The highest BCUT2D eigenvalue weighted by Gasteiger charge is 2.41. The zero-order chi connectivity index (χ0) is 20.4. The fourth-order valence-corrected chi connectivity index (χ4v) is 4.16. The van der Waals surface area contributed by atoms with Crippen LogP contribution in [-0.2, 0) is 4.74 Å². The van der Waals surface area contributed by atoms with Crippen molar-refractivity contribution in [3.63, 3.8) is 0 Å². The minimum atomic E-state index is -0.349. The number of nitrogens with one attached hydrogen (secondary N) is 1. The molecule has 8 heteroatoms. The summed E-state index contributed by atoms with van der Waals surface area (Å²) in [5.41, 5.74) is 1.26. The third-order valence-corrected chi connectivity index (χ3v) is 5.69. The number of pyridine rings is 1. The molecular formula is C21H19BrFN3O2S. The second-order valence-electron chi connectivity index (χ2n) is 6.64. The van der Waals surface area contributed by atoms with Crippen LogP contribution < -0.4 is 5.32 Å². The van der Waals surface area contributed by atoms with Crippen LogP contribution in [0.15, 0.2) is 63.6 Å². The molecule has 4 rings (SSSR count). The van der Waals surface area contributed by atoms with Gasteiger partial charge in [0.2, 0.25) is 0 Å². The van der Waals surface area contributed by atoms with Crippen molar-refractivity contribution in [2.24, 2.45) is 0 Å². The number of methoxy groups -OCH3 is 1. The van der Waals surface area contributed by atoms with Gasteiger partial charge in [-0.05, 0) is 54.7 Å². The average Bonchev–Trinajstić information content (AvgIpc) is 3.31. The van der Waals surface area contributed by atoms with E-state index in [4.69, 9.17) is 21.4 Å². The predicted octanol–water partition coefficient (Wildman–Crippen LogP) is 4.86. The molecular weight excluding hydrogens is 457 g/mol. The number of thiocarbonyl (C=S) groups is 1. The zero-order valence-corrected chi connectivity index (χ0v) is 18.0. The van der Waals surface area contributed by atoms with Crippen LogP contribution in [0.1, 0.15) is 23.5 Å². The molecule has 0 aliphatic carbocycles. The standard InChI is InChI=1S/C21H19BrFN3O2S/c1-27-11-10-26-20(19(25-21(26)29)16-4-2-3-9-24-16)18-8-7-17(28-18)14-6-5-13(22)12-15(14)23/h2-9,12,19-20H,10-11H2,1H3,(H,25,29)/t19-,20-/m1/s1. The quantitative estimate of drug-likeness (QED) is 0.513. The normalized spacial score (nSPS) is 18.9. The molecule has 5 nitrogen and oxygen atoms in total. The molecule has 3 heterocycles. The molecule has 1 fully saturated rings. The van der Waals surface area contributed by atoms with Crippen LogP contribution in [0.3, 0.4) is 0 Å². The van der Waals surface area contributed by atoms with E-state index in [0.29, 0.717) is 39.8 Å². The van der Waals surface area contributed by atoms with E-state index >= 15 is 0 Å². The lowest BCUT2D eigenvalue weighted by atomic mass is 10.0. The minimum absolute atomic E-state index is 0.186. The molecule has 0 radical (unpaired) electrons. The van der Waals surface area contributed by atoms with Gasteiger partial charge in [-0.25, -0.2) is 4.39 Å². The first kappa shape index (κ1) is 20.0. The fraction of sp³-hybridized carbons (Fsp3) is 0.238. The lowest BCUT2D eigenvalue weighted by molar-refractivity contribution is 0.158. The van der Waals surface area contributed by atoms with E-state index in [1.54, 1.807) is 31.5 Å². The summed E-state index contributed by atoms with van der Waals surface area (Å²) in [5, 5.41) is 3.95. The Morgan fingerprint density at radius 1 is 1.28 bits per heavy atom. The summed E-state index contributed by atoms with van der Waals surface area (Å²) < 4.78 is 26.5. The number of furan rings is 1. The Labute approximate surface area is 182 Å². The van der Waals surface area contributed by atoms with E-state index in [1.807, 2.05) is 29.2 Å². The predicted molar refractivity (Wildman–Crippen MR) is 116 cm³/mol. The van der Waals surface area contributed by atoms with E-state index in [0.717, 1.165) is 5.69 Å². The van der Waals surface area contributed by atoms with Gasteiger partial charge in [-0.2, -0.15) is 0 Å². The van der Waals surface area contributed by atoms with Gasteiger partial charge in [0.25, 0.3) is 0 Å². The molecule has 29 heavy (non-hydrogen) atoms. The van der Waals surface area contributed by atoms with Crippen molar-refractivity contribution in [2.75, 3.05) is 20.3 Å². The molecule has 150 valence electrons. The third-order valence-electron chi connectivity index (χ3n) is 4.85. The van der Waals surface area contributed by atoms with Crippen LogP contribution in [0.25, 0.3) is 11.3 Å². The number of hydrogen-bond donors (Lipinski definition) is 1. The zero-order valence-electron chi connectivity index (χ0n) is 15.6. The summed E-state index contributed by atoms with van der Waals surface area (Å²) in [5.74, 6) is 0.800. The number of aromatic nitrogens is 1. The van der Waals surface area contributed by atoms with Gasteiger partial charge < -0.3 is 19.4 Å². The first-order valence-electron chi connectivity index (χ1n) is 9.10. The molecule has 0 saturated carbocycles. The maximum absolute atomic E-state index is 14.4. The molecule has 3 aromatic rings. The highest BCUT2D eigenvalue weighted by Crippen LogP contribution is 2.40. The number of nitrogens with zero attached hydrogens (tertiary/aromatic N) is 2. The smallest absolute Gasteiger partial charge is 0.170 e. The van der Waals surface area contributed by atoms with Gasteiger partial charge in [-0.1, -0.05) is 22.0 Å². The number of rotatable bonds is 6. The summed E-state index contributed by atoms with van der Waals surface area (Å²) in [7, 11) is 1.65. The summed E-state index contributed by atoms with van der Waals surface area (Å²) in [6, 6.07) is 13.9. The Morgan fingerprint density at radius 3 is 2.86 bits per heavy atom. The monoisotopic (exact) mass is 475 g/mol. The van der Waals surface area contributed by atoms with Crippen molar-refractivity contribution >= 4 is 33.3 Å². The molecule has 1 aromatic carbocycles. The summed E-state index contributed by atoms with van der Waals surface area (Å²) >= 11 is 8.85. The number of ether oxygens (including phenoxy) is 1. The molecule has 2 atom stereocenters. The minimum Gasteiger partial charge on any atom is -0.459 e. The highest BCUT2D eigenvalue weighted by molar-refractivity contribution is 9.10. The fourth-order valence-electron chi connectivity index (χ4n) is 3.49. The number of benzene rings is 1. The Balaban J connectivity index is 1.72.